The Hall–Kier alpha value is -1.39. The van der Waals surface area contributed by atoms with E-state index in [2.05, 4.69) is 27.2 Å². The Morgan fingerprint density at radius 3 is 2.53 bits per heavy atom. The monoisotopic (exact) mass is 235 g/mol. The molecule has 1 fully saturated rings. The molecule has 0 aliphatic heterocycles. The average molecular weight is 235 g/mol. The van der Waals surface area contributed by atoms with Crippen molar-refractivity contribution >= 4 is 11.9 Å². The molecule has 1 aliphatic carbocycles. The number of rotatable bonds is 3. The van der Waals surface area contributed by atoms with Crippen molar-refractivity contribution < 1.29 is 0 Å². The number of nitrogens with one attached hydrogen (secondary N) is 1. The third-order valence-corrected chi connectivity index (χ3v) is 3.36. The zero-order valence-corrected chi connectivity index (χ0v) is 10.6. The first-order chi connectivity index (χ1) is 8.17. The molecule has 0 amide bonds. The predicted molar refractivity (Wildman–Crippen MR) is 68.7 cm³/mol. The molecule has 0 saturated heterocycles. The maximum Gasteiger partial charge on any atom is 0.227 e. The van der Waals surface area contributed by atoms with Crippen molar-refractivity contribution in [2.75, 3.05) is 11.1 Å². The van der Waals surface area contributed by atoms with Crippen LogP contribution in [-0.2, 0) is 6.42 Å². The van der Waals surface area contributed by atoms with Crippen molar-refractivity contribution in [3.05, 3.63) is 5.82 Å². The van der Waals surface area contributed by atoms with Gasteiger partial charge in [0.25, 0.3) is 0 Å². The molecule has 1 aromatic heterocycles. The first-order valence-electron chi connectivity index (χ1n) is 6.44. The van der Waals surface area contributed by atoms with Crippen LogP contribution in [0.4, 0.5) is 11.9 Å². The van der Waals surface area contributed by atoms with Crippen molar-refractivity contribution in [1.82, 2.24) is 15.0 Å². The highest BCUT2D eigenvalue weighted by Gasteiger charge is 2.18. The van der Waals surface area contributed by atoms with Gasteiger partial charge in [-0.15, -0.1) is 0 Å². The zero-order chi connectivity index (χ0) is 12.3. The Morgan fingerprint density at radius 2 is 1.88 bits per heavy atom. The summed E-state index contributed by atoms with van der Waals surface area (Å²) in [5.74, 6) is 2.55. The summed E-state index contributed by atoms with van der Waals surface area (Å²) in [6.07, 6.45) is 5.71. The molecule has 94 valence electrons. The molecule has 0 radical (unpaired) electrons. The Kier molecular flexibility index (Phi) is 3.76. The number of aryl methyl sites for hydroxylation is 1. The second-order valence-corrected chi connectivity index (χ2v) is 4.89. The maximum atomic E-state index is 5.66. The summed E-state index contributed by atoms with van der Waals surface area (Å²) in [6, 6.07) is 0.484. The summed E-state index contributed by atoms with van der Waals surface area (Å²) >= 11 is 0. The molecule has 1 aromatic rings. The van der Waals surface area contributed by atoms with Crippen molar-refractivity contribution in [3.63, 3.8) is 0 Å². The van der Waals surface area contributed by atoms with Gasteiger partial charge in [0.2, 0.25) is 11.9 Å². The Labute approximate surface area is 102 Å². The van der Waals surface area contributed by atoms with Crippen LogP contribution in [0.5, 0.6) is 0 Å². The first-order valence-corrected chi connectivity index (χ1v) is 6.44. The predicted octanol–water partition coefficient (Wildman–Crippen LogP) is 2.01. The Bertz CT molecular complexity index is 371. The van der Waals surface area contributed by atoms with Crippen LogP contribution in [0.15, 0.2) is 0 Å². The molecule has 5 nitrogen and oxygen atoms in total. The van der Waals surface area contributed by atoms with Gasteiger partial charge in [-0.25, -0.2) is 0 Å². The molecule has 3 N–H and O–H groups in total. The van der Waals surface area contributed by atoms with Crippen molar-refractivity contribution in [3.8, 4) is 0 Å². The van der Waals surface area contributed by atoms with Crippen molar-refractivity contribution in [2.24, 2.45) is 5.92 Å². The van der Waals surface area contributed by atoms with Crippen LogP contribution >= 0.6 is 0 Å². The van der Waals surface area contributed by atoms with E-state index in [1.54, 1.807) is 0 Å². The van der Waals surface area contributed by atoms with Gasteiger partial charge in [0, 0.05) is 12.5 Å². The van der Waals surface area contributed by atoms with E-state index in [9.17, 15) is 0 Å². The smallest absolute Gasteiger partial charge is 0.227 e. The van der Waals surface area contributed by atoms with E-state index in [1.807, 2.05) is 6.92 Å². The van der Waals surface area contributed by atoms with Crippen LogP contribution in [0, 0.1) is 5.92 Å². The lowest BCUT2D eigenvalue weighted by atomic mass is 9.87. The Morgan fingerprint density at radius 1 is 1.18 bits per heavy atom. The molecule has 17 heavy (non-hydrogen) atoms. The number of hydrogen-bond acceptors (Lipinski definition) is 5. The molecule has 0 atom stereocenters. The molecule has 2 rings (SSSR count). The molecule has 0 aromatic carbocycles. The van der Waals surface area contributed by atoms with Gasteiger partial charge in [0.1, 0.15) is 5.82 Å². The van der Waals surface area contributed by atoms with E-state index in [4.69, 9.17) is 5.73 Å². The van der Waals surface area contributed by atoms with Crippen LogP contribution < -0.4 is 11.1 Å². The summed E-state index contributed by atoms with van der Waals surface area (Å²) in [4.78, 5) is 12.6. The minimum absolute atomic E-state index is 0.309. The lowest BCUT2D eigenvalue weighted by Gasteiger charge is -2.26. The third kappa shape index (κ3) is 3.28. The zero-order valence-electron chi connectivity index (χ0n) is 10.6. The minimum Gasteiger partial charge on any atom is -0.368 e. The first kappa shape index (κ1) is 12.1. The molecular weight excluding hydrogens is 214 g/mol. The molecular formula is C12H21N5. The van der Waals surface area contributed by atoms with Gasteiger partial charge in [-0.2, -0.15) is 15.0 Å². The number of anilines is 2. The minimum atomic E-state index is 0.309. The van der Waals surface area contributed by atoms with Gasteiger partial charge in [-0.1, -0.05) is 13.8 Å². The quantitative estimate of drug-likeness (QED) is 0.838. The second-order valence-electron chi connectivity index (χ2n) is 4.89. The number of nitrogen functional groups attached to an aromatic ring is 1. The van der Waals surface area contributed by atoms with Gasteiger partial charge in [0.15, 0.2) is 0 Å². The summed E-state index contributed by atoms with van der Waals surface area (Å²) in [5, 5.41) is 3.37. The summed E-state index contributed by atoms with van der Waals surface area (Å²) in [6.45, 7) is 4.33. The van der Waals surface area contributed by atoms with E-state index < -0.39 is 0 Å². The second kappa shape index (κ2) is 5.29. The van der Waals surface area contributed by atoms with Crippen LogP contribution in [0.25, 0.3) is 0 Å². The molecule has 1 heterocycles. The number of nitrogens with zero attached hydrogens (tertiary/aromatic N) is 3. The highest BCUT2D eigenvalue weighted by Crippen LogP contribution is 2.25. The highest BCUT2D eigenvalue weighted by atomic mass is 15.2. The fourth-order valence-electron chi connectivity index (χ4n) is 2.25. The van der Waals surface area contributed by atoms with E-state index in [-0.39, 0.29) is 0 Å². The highest BCUT2D eigenvalue weighted by molar-refractivity contribution is 5.32. The molecule has 5 heteroatoms. The maximum absolute atomic E-state index is 5.66. The topological polar surface area (TPSA) is 76.7 Å². The SMILES string of the molecule is CCc1nc(N)nc(NC2CCC(C)CC2)n1. The van der Waals surface area contributed by atoms with Gasteiger partial charge in [-0.3, -0.25) is 0 Å². The lowest BCUT2D eigenvalue weighted by Crippen LogP contribution is -2.26. The molecule has 1 saturated carbocycles. The largest absolute Gasteiger partial charge is 0.368 e. The van der Waals surface area contributed by atoms with Crippen molar-refractivity contribution in [1.29, 1.82) is 0 Å². The number of hydrogen-bond donors (Lipinski definition) is 2. The Balaban J connectivity index is 2.00. The summed E-state index contributed by atoms with van der Waals surface area (Å²) in [5.41, 5.74) is 5.66. The summed E-state index contributed by atoms with van der Waals surface area (Å²) < 4.78 is 0. The van der Waals surface area contributed by atoms with Crippen LogP contribution in [0.3, 0.4) is 0 Å². The van der Waals surface area contributed by atoms with Crippen LogP contribution in [-0.4, -0.2) is 21.0 Å². The normalized spacial score (nSPS) is 24.6. The number of aromatic nitrogens is 3. The lowest BCUT2D eigenvalue weighted by molar-refractivity contribution is 0.360. The standard InChI is InChI=1S/C12H21N5/c1-3-10-15-11(13)17-12(16-10)14-9-6-4-8(2)5-7-9/h8-9H,3-7H2,1-2H3,(H3,13,14,15,16,17). The summed E-state index contributed by atoms with van der Waals surface area (Å²) in [7, 11) is 0. The van der Waals surface area contributed by atoms with Gasteiger partial charge in [0.05, 0.1) is 0 Å². The third-order valence-electron chi connectivity index (χ3n) is 3.36. The van der Waals surface area contributed by atoms with Gasteiger partial charge < -0.3 is 11.1 Å². The number of nitrogens with two attached hydrogens (primary N) is 1. The van der Waals surface area contributed by atoms with Crippen LogP contribution in [0.2, 0.25) is 0 Å². The fourth-order valence-corrected chi connectivity index (χ4v) is 2.25. The van der Waals surface area contributed by atoms with Crippen LogP contribution in [0.1, 0.15) is 45.4 Å². The van der Waals surface area contributed by atoms with Gasteiger partial charge in [-0.05, 0) is 31.6 Å². The van der Waals surface area contributed by atoms with E-state index in [1.165, 1.54) is 25.7 Å². The molecule has 0 spiro atoms. The van der Waals surface area contributed by atoms with Crippen molar-refractivity contribution in [2.45, 2.75) is 52.0 Å². The molecule has 0 unspecified atom stereocenters. The molecule has 0 bridgehead atoms. The van der Waals surface area contributed by atoms with E-state index in [0.29, 0.717) is 17.9 Å². The van der Waals surface area contributed by atoms with E-state index >= 15 is 0 Å². The molecule has 1 aliphatic rings. The van der Waals surface area contributed by atoms with Gasteiger partial charge >= 0.3 is 0 Å². The van der Waals surface area contributed by atoms with E-state index in [0.717, 1.165) is 18.2 Å². The average Bonchev–Trinajstić information content (AvgIpc) is 2.31. The fraction of sp³-hybridized carbons (Fsp3) is 0.750.